The normalized spacial score (nSPS) is 12.0. The van der Waals surface area contributed by atoms with Crippen molar-refractivity contribution < 1.29 is 13.2 Å². The van der Waals surface area contributed by atoms with Crippen LogP contribution in [0.5, 0.6) is 0 Å². The fraction of sp³-hybridized carbons (Fsp3) is 1.00. The molecule has 0 aromatic rings. The Balaban J connectivity index is -0.000000144. The number of hydrogen-bond donors (Lipinski definition) is 0. The van der Waals surface area contributed by atoms with Gasteiger partial charge in [-0.25, -0.2) is 0 Å². The summed E-state index contributed by atoms with van der Waals surface area (Å²) in [5, 5.41) is 0. The van der Waals surface area contributed by atoms with E-state index in [0.29, 0.717) is 0 Å². The van der Waals surface area contributed by atoms with Crippen LogP contribution in [-0.4, -0.2) is 12.7 Å². The standard InChI is InChI=1S/C2H3Cl3.CCl3F.CCl2F2/c1-2(3,4)5;2*2-1(3,4)5/h1H3;;. The van der Waals surface area contributed by atoms with E-state index in [-0.39, 0.29) is 0 Å². The molecule has 0 unspecified atom stereocenters. The molecule has 0 fully saturated rings. The Labute approximate surface area is 125 Å². The Hall–Kier alpha value is 2.11. The highest BCUT2D eigenvalue weighted by Crippen LogP contribution is 2.26. The summed E-state index contributed by atoms with van der Waals surface area (Å²) in [5.74, 6) is 0. The van der Waals surface area contributed by atoms with Crippen LogP contribution < -0.4 is 0 Å². The van der Waals surface area contributed by atoms with Crippen LogP contribution in [0.2, 0.25) is 0 Å². The first-order valence-corrected chi connectivity index (χ1v) is 5.60. The summed E-state index contributed by atoms with van der Waals surface area (Å²) in [6.07, 6.45) is 0. The smallest absolute Gasteiger partial charge is 0.189 e. The van der Waals surface area contributed by atoms with E-state index in [0.717, 1.165) is 0 Å². The Morgan fingerprint density at radius 1 is 0.667 bits per heavy atom. The van der Waals surface area contributed by atoms with Crippen molar-refractivity contribution in [3.63, 3.8) is 0 Å². The highest BCUT2D eigenvalue weighted by Gasteiger charge is 2.17. The molecule has 0 nitrogen and oxygen atoms in total. The van der Waals surface area contributed by atoms with Gasteiger partial charge in [-0.05, 0) is 64.9 Å². The van der Waals surface area contributed by atoms with Crippen molar-refractivity contribution in [2.24, 2.45) is 0 Å². The monoisotopic (exact) mass is 388 g/mol. The lowest BCUT2D eigenvalue weighted by Gasteiger charge is -1.94. The molecule has 0 rings (SSSR count). The Kier molecular flexibility index (Phi) is 13.5. The number of halogens is 11. The first-order valence-electron chi connectivity index (χ1n) is 2.58. The largest absolute Gasteiger partial charge is 0.401 e. The fourth-order valence-corrected chi connectivity index (χ4v) is 0. The molecule has 96 valence electrons. The fourth-order valence-electron chi connectivity index (χ4n) is 0. The quantitative estimate of drug-likeness (QED) is 0.404. The summed E-state index contributed by atoms with van der Waals surface area (Å²) in [5.41, 5.74) is 0. The van der Waals surface area contributed by atoms with Crippen LogP contribution in [0.1, 0.15) is 6.92 Å². The SMILES string of the molecule is CC(Cl)(Cl)Cl.FC(Cl)(Cl)Cl.FC(F)(Cl)Cl. The molecular weight excluding hydrogens is 389 g/mol. The molecule has 0 saturated heterocycles. The molecule has 0 amide bonds. The third-order valence-electron chi connectivity index (χ3n) is 0. The second-order valence-corrected chi connectivity index (χ2v) is 7.77. The van der Waals surface area contributed by atoms with Crippen molar-refractivity contribution in [2.75, 3.05) is 0 Å². The zero-order valence-electron chi connectivity index (χ0n) is 6.66. The van der Waals surface area contributed by atoms with Gasteiger partial charge in [-0.3, -0.25) is 0 Å². The van der Waals surface area contributed by atoms with E-state index in [2.05, 4.69) is 58.0 Å². The zero-order valence-corrected chi connectivity index (χ0v) is 12.7. The molecule has 0 N–H and O–H groups in total. The van der Waals surface area contributed by atoms with E-state index in [1.54, 1.807) is 0 Å². The molecule has 11 heteroatoms. The molecule has 0 atom stereocenters. The molecule has 0 aliphatic heterocycles. The second kappa shape index (κ2) is 9.09. The highest BCUT2D eigenvalue weighted by atomic mass is 35.6. The van der Waals surface area contributed by atoms with Crippen molar-refractivity contribution in [3.8, 4) is 0 Å². The molecular formula is C4H3Cl8F3. The van der Waals surface area contributed by atoms with Gasteiger partial charge in [-0.1, -0.05) is 34.8 Å². The van der Waals surface area contributed by atoms with Gasteiger partial charge in [0, 0.05) is 0 Å². The molecule has 0 spiro atoms. The van der Waals surface area contributed by atoms with Crippen LogP contribution in [0.15, 0.2) is 0 Å². The maximum absolute atomic E-state index is 11.0. The average molecular weight is 392 g/mol. The Morgan fingerprint density at radius 2 is 0.667 bits per heavy atom. The van der Waals surface area contributed by atoms with Gasteiger partial charge in [-0.2, -0.15) is 13.2 Å². The van der Waals surface area contributed by atoms with Gasteiger partial charge >= 0.3 is 8.89 Å². The molecule has 0 heterocycles. The predicted molar refractivity (Wildman–Crippen MR) is 64.0 cm³/mol. The van der Waals surface area contributed by atoms with Crippen molar-refractivity contribution in [1.29, 1.82) is 0 Å². The van der Waals surface area contributed by atoms with Crippen LogP contribution in [0, 0.1) is 0 Å². The van der Waals surface area contributed by atoms with Gasteiger partial charge in [0.2, 0.25) is 0 Å². The van der Waals surface area contributed by atoms with E-state index in [1.807, 2.05) is 0 Å². The van der Waals surface area contributed by atoms with Crippen LogP contribution >= 0.6 is 92.8 Å². The first kappa shape index (κ1) is 22.3. The molecule has 15 heavy (non-hydrogen) atoms. The van der Waals surface area contributed by atoms with Gasteiger partial charge in [-0.15, -0.1) is 0 Å². The lowest BCUT2D eigenvalue weighted by molar-refractivity contribution is 0.194. The average Bonchev–Trinajstić information content (AvgIpc) is 1.41. The van der Waals surface area contributed by atoms with Crippen LogP contribution in [0.4, 0.5) is 13.2 Å². The predicted octanol–water partition coefficient (Wildman–Crippen LogP) is 6.67. The topological polar surface area (TPSA) is 0 Å². The highest BCUT2D eigenvalue weighted by molar-refractivity contribution is 6.67. The summed E-state index contributed by atoms with van der Waals surface area (Å²) in [6.45, 7) is 1.48. The minimum atomic E-state index is -3.56. The number of rotatable bonds is 0. The lowest BCUT2D eigenvalue weighted by atomic mass is 10.9. The van der Waals surface area contributed by atoms with Crippen molar-refractivity contribution in [2.45, 2.75) is 19.6 Å². The van der Waals surface area contributed by atoms with E-state index in [1.165, 1.54) is 6.92 Å². The van der Waals surface area contributed by atoms with E-state index < -0.39 is 12.7 Å². The van der Waals surface area contributed by atoms with Gasteiger partial charge in [0.15, 0.2) is 3.79 Å². The summed E-state index contributed by atoms with van der Waals surface area (Å²) < 4.78 is 28.4. The molecule has 0 aromatic carbocycles. The Morgan fingerprint density at radius 3 is 0.667 bits per heavy atom. The van der Waals surface area contributed by atoms with Crippen LogP contribution in [0.3, 0.4) is 0 Å². The van der Waals surface area contributed by atoms with Gasteiger partial charge in [0.05, 0.1) is 0 Å². The van der Waals surface area contributed by atoms with Crippen LogP contribution in [-0.2, 0) is 0 Å². The molecule has 0 aliphatic rings. The molecule has 0 radical (unpaired) electrons. The summed E-state index contributed by atoms with van der Waals surface area (Å²) in [7, 11) is 0. The van der Waals surface area contributed by atoms with E-state index in [4.69, 9.17) is 34.8 Å². The molecule has 0 bridgehead atoms. The maximum atomic E-state index is 11.0. The van der Waals surface area contributed by atoms with Gasteiger partial charge < -0.3 is 0 Å². The van der Waals surface area contributed by atoms with Crippen molar-refractivity contribution >= 4 is 92.8 Å². The van der Waals surface area contributed by atoms with Gasteiger partial charge in [0.25, 0.3) is 0 Å². The minimum absolute atomic E-state index is 1.08. The van der Waals surface area contributed by atoms with Crippen molar-refractivity contribution in [3.05, 3.63) is 0 Å². The van der Waals surface area contributed by atoms with E-state index >= 15 is 0 Å². The first-order chi connectivity index (χ1) is 6.00. The molecule has 0 saturated carbocycles. The Bertz CT molecular complexity index is 96.9. The second-order valence-electron chi connectivity index (χ2n) is 1.64. The van der Waals surface area contributed by atoms with Crippen LogP contribution in [0.25, 0.3) is 0 Å². The van der Waals surface area contributed by atoms with Gasteiger partial charge in [0.1, 0.15) is 0 Å². The summed E-state index contributed by atoms with van der Waals surface area (Å²) >= 11 is 36.3. The summed E-state index contributed by atoms with van der Waals surface area (Å²) in [4.78, 5) is -3.56. The zero-order chi connectivity index (χ0) is 13.5. The third kappa shape index (κ3) is 720. The maximum Gasteiger partial charge on any atom is 0.401 e. The summed E-state index contributed by atoms with van der Waals surface area (Å²) in [6, 6.07) is 0. The van der Waals surface area contributed by atoms with Crippen molar-refractivity contribution in [1.82, 2.24) is 0 Å². The minimum Gasteiger partial charge on any atom is -0.189 e. The number of hydrogen-bond acceptors (Lipinski definition) is 0. The lowest BCUT2D eigenvalue weighted by Crippen LogP contribution is -1.87. The van der Waals surface area contributed by atoms with E-state index in [9.17, 15) is 13.2 Å². The molecule has 0 aromatic heterocycles. The molecule has 0 aliphatic carbocycles. The third-order valence-corrected chi connectivity index (χ3v) is 0. The number of alkyl halides is 11.